The molecule has 6 heteroatoms. The summed E-state index contributed by atoms with van der Waals surface area (Å²) in [6.07, 6.45) is 2.85. The molecular weight excluding hydrogens is 246 g/mol. The van der Waals surface area contributed by atoms with Crippen LogP contribution in [0.3, 0.4) is 0 Å². The lowest BCUT2D eigenvalue weighted by Gasteiger charge is -2.30. The minimum absolute atomic E-state index is 0.0608. The Bertz CT molecular complexity index is 591. The van der Waals surface area contributed by atoms with Gasteiger partial charge in [-0.1, -0.05) is 0 Å². The van der Waals surface area contributed by atoms with Crippen LogP contribution in [0.2, 0.25) is 0 Å². The van der Waals surface area contributed by atoms with Gasteiger partial charge in [-0.05, 0) is 12.8 Å². The van der Waals surface area contributed by atoms with Crippen LogP contribution >= 0.6 is 0 Å². The predicted molar refractivity (Wildman–Crippen MR) is 68.4 cm³/mol. The van der Waals surface area contributed by atoms with E-state index in [1.54, 1.807) is 23.3 Å². The van der Waals surface area contributed by atoms with Crippen LogP contribution in [-0.2, 0) is 4.79 Å². The van der Waals surface area contributed by atoms with E-state index in [0.717, 1.165) is 5.52 Å². The lowest BCUT2D eigenvalue weighted by Crippen LogP contribution is -2.41. The summed E-state index contributed by atoms with van der Waals surface area (Å²) in [5.41, 5.74) is 7.29. The second-order valence-corrected chi connectivity index (χ2v) is 4.85. The molecule has 0 unspecified atom stereocenters. The predicted octanol–water partition coefficient (Wildman–Crippen LogP) is 1.10. The average molecular weight is 261 g/mol. The van der Waals surface area contributed by atoms with Gasteiger partial charge in [0, 0.05) is 31.1 Å². The summed E-state index contributed by atoms with van der Waals surface area (Å²) in [5, 5.41) is 0. The van der Waals surface area contributed by atoms with Crippen molar-refractivity contribution < 1.29 is 14.0 Å². The molecule has 0 aromatic carbocycles. The van der Waals surface area contributed by atoms with Crippen LogP contribution in [0.5, 0.6) is 0 Å². The normalized spacial score (nSPS) is 16.9. The highest BCUT2D eigenvalue weighted by molar-refractivity contribution is 5.97. The van der Waals surface area contributed by atoms with Crippen molar-refractivity contribution in [3.05, 3.63) is 24.1 Å². The number of fused-ring (bicyclic) bond motifs is 1. The molecule has 1 aliphatic rings. The Morgan fingerprint density at radius 2 is 2.11 bits per heavy atom. The third-order valence-corrected chi connectivity index (χ3v) is 3.65. The van der Waals surface area contributed by atoms with Gasteiger partial charge < -0.3 is 20.0 Å². The Labute approximate surface area is 109 Å². The van der Waals surface area contributed by atoms with Crippen LogP contribution in [0.25, 0.3) is 11.1 Å². The lowest BCUT2D eigenvalue weighted by atomic mass is 9.96. The smallest absolute Gasteiger partial charge is 0.270 e. The summed E-state index contributed by atoms with van der Waals surface area (Å²) in [5.74, 6) is -0.442. The molecule has 100 valence electrons. The van der Waals surface area contributed by atoms with Gasteiger partial charge in [0.15, 0.2) is 5.58 Å². The number of primary amides is 1. The zero-order chi connectivity index (χ0) is 13.4. The maximum atomic E-state index is 12.3. The number of carbonyl (C=O) groups excluding carboxylic acids is 2. The minimum Gasteiger partial charge on any atom is -0.463 e. The molecule has 0 saturated carbocycles. The standard InChI is InChI=1S/C13H15N3O3/c14-12(17)8-1-4-16(5-2-8)13(18)10-7-11-9(15-10)3-6-19-11/h3,6-8,15H,1-2,4-5H2,(H2,14,17). The van der Waals surface area contributed by atoms with Gasteiger partial charge in [0.1, 0.15) is 5.69 Å². The molecule has 3 N–H and O–H groups in total. The number of rotatable bonds is 2. The molecule has 1 saturated heterocycles. The van der Waals surface area contributed by atoms with Crippen LogP contribution in [0.4, 0.5) is 0 Å². The summed E-state index contributed by atoms with van der Waals surface area (Å²) < 4.78 is 5.22. The number of H-pyrrole nitrogens is 1. The molecule has 1 aliphatic heterocycles. The van der Waals surface area contributed by atoms with Crippen LogP contribution < -0.4 is 5.73 Å². The van der Waals surface area contributed by atoms with E-state index in [0.29, 0.717) is 37.2 Å². The van der Waals surface area contributed by atoms with Gasteiger partial charge in [-0.15, -0.1) is 0 Å². The van der Waals surface area contributed by atoms with E-state index in [4.69, 9.17) is 10.2 Å². The monoisotopic (exact) mass is 261 g/mol. The number of aromatic nitrogens is 1. The molecule has 2 amide bonds. The summed E-state index contributed by atoms with van der Waals surface area (Å²) in [7, 11) is 0. The summed E-state index contributed by atoms with van der Waals surface area (Å²) >= 11 is 0. The van der Waals surface area contributed by atoms with E-state index in [-0.39, 0.29) is 17.7 Å². The van der Waals surface area contributed by atoms with Crippen molar-refractivity contribution in [2.75, 3.05) is 13.1 Å². The van der Waals surface area contributed by atoms with Crippen molar-refractivity contribution in [1.82, 2.24) is 9.88 Å². The number of hydrogen-bond acceptors (Lipinski definition) is 3. The van der Waals surface area contributed by atoms with E-state index in [2.05, 4.69) is 4.98 Å². The number of piperidine rings is 1. The Morgan fingerprint density at radius 1 is 1.37 bits per heavy atom. The second kappa shape index (κ2) is 4.46. The van der Waals surface area contributed by atoms with Crippen molar-refractivity contribution in [3.63, 3.8) is 0 Å². The number of carbonyl (C=O) groups is 2. The van der Waals surface area contributed by atoms with Gasteiger partial charge in [0.2, 0.25) is 5.91 Å². The van der Waals surface area contributed by atoms with Crippen molar-refractivity contribution in [1.29, 1.82) is 0 Å². The molecule has 0 bridgehead atoms. The van der Waals surface area contributed by atoms with E-state index in [9.17, 15) is 9.59 Å². The van der Waals surface area contributed by atoms with Gasteiger partial charge in [-0.25, -0.2) is 0 Å². The topological polar surface area (TPSA) is 92.3 Å². The first-order valence-electron chi connectivity index (χ1n) is 6.30. The first kappa shape index (κ1) is 11.8. The number of likely N-dealkylation sites (tertiary alicyclic amines) is 1. The first-order chi connectivity index (χ1) is 9.15. The van der Waals surface area contributed by atoms with Gasteiger partial charge in [-0.2, -0.15) is 0 Å². The Hall–Kier alpha value is -2.24. The van der Waals surface area contributed by atoms with Gasteiger partial charge in [-0.3, -0.25) is 9.59 Å². The second-order valence-electron chi connectivity index (χ2n) is 4.85. The van der Waals surface area contributed by atoms with Crippen molar-refractivity contribution >= 4 is 22.9 Å². The largest absolute Gasteiger partial charge is 0.463 e. The van der Waals surface area contributed by atoms with Gasteiger partial charge in [0.05, 0.1) is 11.8 Å². The van der Waals surface area contributed by atoms with Gasteiger partial charge in [0.25, 0.3) is 5.91 Å². The summed E-state index contributed by atoms with van der Waals surface area (Å²) in [4.78, 5) is 28.1. The minimum atomic E-state index is -0.274. The molecule has 0 radical (unpaired) electrons. The first-order valence-corrected chi connectivity index (χ1v) is 6.30. The summed E-state index contributed by atoms with van der Waals surface area (Å²) in [6.45, 7) is 1.12. The van der Waals surface area contributed by atoms with E-state index in [1.165, 1.54) is 0 Å². The molecule has 3 rings (SSSR count). The van der Waals surface area contributed by atoms with E-state index < -0.39 is 0 Å². The van der Waals surface area contributed by atoms with E-state index in [1.807, 2.05) is 0 Å². The maximum absolute atomic E-state index is 12.3. The molecule has 6 nitrogen and oxygen atoms in total. The zero-order valence-corrected chi connectivity index (χ0v) is 10.4. The van der Waals surface area contributed by atoms with Crippen LogP contribution in [0.1, 0.15) is 23.3 Å². The molecule has 1 fully saturated rings. The maximum Gasteiger partial charge on any atom is 0.270 e. The molecule has 0 spiro atoms. The highest BCUT2D eigenvalue weighted by Gasteiger charge is 2.27. The number of hydrogen-bond donors (Lipinski definition) is 2. The van der Waals surface area contributed by atoms with Crippen molar-refractivity contribution in [2.24, 2.45) is 11.7 Å². The van der Waals surface area contributed by atoms with Crippen molar-refractivity contribution in [3.8, 4) is 0 Å². The van der Waals surface area contributed by atoms with Crippen LogP contribution in [0.15, 0.2) is 22.8 Å². The average Bonchev–Trinajstić information content (AvgIpc) is 2.98. The lowest BCUT2D eigenvalue weighted by molar-refractivity contribution is -0.123. The third kappa shape index (κ3) is 2.09. The highest BCUT2D eigenvalue weighted by atomic mass is 16.3. The number of nitrogens with one attached hydrogen (secondary N) is 1. The molecule has 2 aromatic heterocycles. The number of aromatic amines is 1. The van der Waals surface area contributed by atoms with Crippen LogP contribution in [0, 0.1) is 5.92 Å². The quantitative estimate of drug-likeness (QED) is 0.847. The van der Waals surface area contributed by atoms with E-state index >= 15 is 0 Å². The Morgan fingerprint density at radius 3 is 2.74 bits per heavy atom. The zero-order valence-electron chi connectivity index (χ0n) is 10.4. The Balaban J connectivity index is 1.71. The fourth-order valence-corrected chi connectivity index (χ4v) is 2.50. The molecule has 2 aromatic rings. The van der Waals surface area contributed by atoms with Crippen LogP contribution in [-0.4, -0.2) is 34.8 Å². The fraction of sp³-hybridized carbons (Fsp3) is 0.385. The Kier molecular flexibility index (Phi) is 2.77. The highest BCUT2D eigenvalue weighted by Crippen LogP contribution is 2.21. The molecule has 0 atom stereocenters. The number of amides is 2. The SMILES string of the molecule is NC(=O)C1CCN(C(=O)c2cc3occc3[nH]2)CC1. The number of nitrogens with zero attached hydrogens (tertiary/aromatic N) is 1. The molecule has 19 heavy (non-hydrogen) atoms. The molecular formula is C13H15N3O3. The molecule has 0 aliphatic carbocycles. The summed E-state index contributed by atoms with van der Waals surface area (Å²) in [6, 6.07) is 3.49. The van der Waals surface area contributed by atoms with Crippen molar-refractivity contribution in [2.45, 2.75) is 12.8 Å². The number of furan rings is 1. The third-order valence-electron chi connectivity index (χ3n) is 3.65. The fourth-order valence-electron chi connectivity index (χ4n) is 2.50. The number of nitrogens with two attached hydrogens (primary N) is 1. The van der Waals surface area contributed by atoms with Gasteiger partial charge >= 0.3 is 0 Å². The molecule has 3 heterocycles.